The van der Waals surface area contributed by atoms with Crippen molar-refractivity contribution < 1.29 is 0 Å². The van der Waals surface area contributed by atoms with Crippen LogP contribution in [0.2, 0.25) is 0 Å². The first-order chi connectivity index (χ1) is 13.9. The van der Waals surface area contributed by atoms with Gasteiger partial charge < -0.3 is 0 Å². The molecule has 136 valence electrons. The lowest BCUT2D eigenvalue weighted by Crippen LogP contribution is -2.32. The van der Waals surface area contributed by atoms with E-state index < -0.39 is 0 Å². The molecule has 0 nitrogen and oxygen atoms in total. The lowest BCUT2D eigenvalue weighted by molar-refractivity contribution is 0.295. The molecule has 0 amide bonds. The van der Waals surface area contributed by atoms with Gasteiger partial charge in [-0.05, 0) is 93.2 Å². The maximum atomic E-state index is 2.54. The van der Waals surface area contributed by atoms with Crippen LogP contribution >= 0.6 is 0 Å². The summed E-state index contributed by atoms with van der Waals surface area (Å²) in [6, 6.07) is 28.1. The minimum absolute atomic E-state index is 0.709. The Kier molecular flexibility index (Phi) is 3.00. The summed E-state index contributed by atoms with van der Waals surface area (Å²) in [7, 11) is 0. The van der Waals surface area contributed by atoms with Crippen LogP contribution in [0.15, 0.2) is 72.8 Å². The lowest BCUT2D eigenvalue weighted by Gasteiger charge is -2.48. The molecule has 4 unspecified atom stereocenters. The van der Waals surface area contributed by atoms with E-state index in [1.807, 2.05) is 0 Å². The van der Waals surface area contributed by atoms with E-state index in [1.165, 1.54) is 47.2 Å². The van der Waals surface area contributed by atoms with Crippen LogP contribution in [0, 0.1) is 0 Å². The fourth-order valence-corrected chi connectivity index (χ4v) is 6.32. The van der Waals surface area contributed by atoms with Crippen molar-refractivity contribution in [3.8, 4) is 0 Å². The zero-order valence-corrected chi connectivity index (χ0v) is 16.1. The van der Waals surface area contributed by atoms with Crippen LogP contribution < -0.4 is 0 Å². The Labute approximate surface area is 166 Å². The van der Waals surface area contributed by atoms with Gasteiger partial charge in [0.05, 0.1) is 0 Å². The van der Waals surface area contributed by atoms with Gasteiger partial charge >= 0.3 is 0 Å². The van der Waals surface area contributed by atoms with Crippen molar-refractivity contribution in [2.45, 2.75) is 49.4 Å². The smallest absolute Gasteiger partial charge is 0.00897 e. The van der Waals surface area contributed by atoms with Gasteiger partial charge in [0.25, 0.3) is 0 Å². The van der Waals surface area contributed by atoms with Crippen LogP contribution in [-0.4, -0.2) is 0 Å². The van der Waals surface area contributed by atoms with Crippen LogP contribution in [0.3, 0.4) is 0 Å². The zero-order chi connectivity index (χ0) is 18.2. The van der Waals surface area contributed by atoms with Crippen molar-refractivity contribution in [1.29, 1.82) is 0 Å². The summed E-state index contributed by atoms with van der Waals surface area (Å²) in [5, 5.41) is 5.67. The zero-order valence-electron chi connectivity index (χ0n) is 16.1. The van der Waals surface area contributed by atoms with Crippen molar-refractivity contribution in [1.82, 2.24) is 0 Å². The van der Waals surface area contributed by atoms with E-state index in [2.05, 4.69) is 72.8 Å². The maximum Gasteiger partial charge on any atom is -0.00897 e. The van der Waals surface area contributed by atoms with Crippen molar-refractivity contribution >= 4 is 21.5 Å². The third-order valence-electron chi connectivity index (χ3n) is 8.05. The van der Waals surface area contributed by atoms with Gasteiger partial charge in [0.15, 0.2) is 0 Å². The minimum atomic E-state index is 0.709. The largest absolute Gasteiger partial charge is 0.0616 e. The normalized spacial score (nSPS) is 27.4. The summed E-state index contributed by atoms with van der Waals surface area (Å²) >= 11 is 0. The Hall–Kier alpha value is -2.60. The molecule has 0 heteroatoms. The predicted octanol–water partition coefficient (Wildman–Crippen LogP) is 7.63. The predicted molar refractivity (Wildman–Crippen MR) is 117 cm³/mol. The van der Waals surface area contributed by atoms with Crippen LogP contribution in [0.4, 0.5) is 0 Å². The second-order valence-electron chi connectivity index (χ2n) is 9.24. The first kappa shape index (κ1) is 15.3. The average Bonchev–Trinajstić information content (AvgIpc) is 2.66. The highest BCUT2D eigenvalue weighted by atomic mass is 14.5. The van der Waals surface area contributed by atoms with Crippen LogP contribution in [0.1, 0.15) is 71.6 Å². The topological polar surface area (TPSA) is 0 Å². The monoisotopic (exact) mass is 360 g/mol. The standard InChI is InChI=1S/C28H24/c1-2-6-18-14-26-23-11-12-24(23)28-16-20-8-4-3-7-19(20)15-27(28)22-10-9-21(22)25(26)13-17(18)5-1/h1-8,13-16,21-24H,9-12H2. The molecule has 0 radical (unpaired) electrons. The van der Waals surface area contributed by atoms with Crippen molar-refractivity contribution in [3.05, 3.63) is 95.1 Å². The molecule has 0 N–H and O–H groups in total. The van der Waals surface area contributed by atoms with Crippen molar-refractivity contribution in [2.75, 3.05) is 0 Å². The number of fused-ring (bicyclic) bond motifs is 10. The Balaban J connectivity index is 1.50. The van der Waals surface area contributed by atoms with Crippen LogP contribution in [-0.2, 0) is 0 Å². The molecule has 7 rings (SSSR count). The summed E-state index contributed by atoms with van der Waals surface area (Å²) in [4.78, 5) is 0. The van der Waals surface area contributed by atoms with E-state index in [4.69, 9.17) is 0 Å². The second kappa shape index (κ2) is 5.47. The average molecular weight is 361 g/mol. The Morgan fingerprint density at radius 1 is 0.393 bits per heavy atom. The molecule has 2 fully saturated rings. The fraction of sp³-hybridized carbons (Fsp3) is 0.286. The highest BCUT2D eigenvalue weighted by molar-refractivity contribution is 5.86. The molecule has 4 atom stereocenters. The van der Waals surface area contributed by atoms with Crippen LogP contribution in [0.25, 0.3) is 21.5 Å². The molecular formula is C28H24. The highest BCUT2D eigenvalue weighted by Gasteiger charge is 2.44. The van der Waals surface area contributed by atoms with Crippen LogP contribution in [0.5, 0.6) is 0 Å². The van der Waals surface area contributed by atoms with Gasteiger partial charge in [-0.1, -0.05) is 72.8 Å². The van der Waals surface area contributed by atoms with Gasteiger partial charge in [0.2, 0.25) is 0 Å². The summed E-state index contributed by atoms with van der Waals surface area (Å²) in [5.41, 5.74) is 6.68. The SMILES string of the molecule is c1ccc2cc3c(cc2c1)C1CCC1c1cc2ccccc2cc1C1CCC31. The fourth-order valence-electron chi connectivity index (χ4n) is 6.32. The second-order valence-corrected chi connectivity index (χ2v) is 9.24. The number of rotatable bonds is 0. The third kappa shape index (κ3) is 1.96. The molecule has 28 heavy (non-hydrogen) atoms. The van der Waals surface area contributed by atoms with Crippen molar-refractivity contribution in [2.24, 2.45) is 0 Å². The molecule has 3 aliphatic carbocycles. The van der Waals surface area contributed by atoms with Gasteiger partial charge in [0.1, 0.15) is 0 Å². The van der Waals surface area contributed by atoms with Gasteiger partial charge in [-0.15, -0.1) is 0 Å². The first-order valence-corrected chi connectivity index (χ1v) is 10.9. The molecule has 0 aromatic heterocycles. The number of hydrogen-bond acceptors (Lipinski definition) is 0. The molecule has 4 aromatic carbocycles. The van der Waals surface area contributed by atoms with Gasteiger partial charge in [0, 0.05) is 0 Å². The number of hydrogen-bond donors (Lipinski definition) is 0. The highest BCUT2D eigenvalue weighted by Crippen LogP contribution is 2.61. The summed E-state index contributed by atoms with van der Waals surface area (Å²) in [6.07, 6.45) is 5.39. The van der Waals surface area contributed by atoms with Gasteiger partial charge in [-0.3, -0.25) is 0 Å². The van der Waals surface area contributed by atoms with E-state index in [0.29, 0.717) is 23.7 Å². The molecule has 0 spiro atoms. The van der Waals surface area contributed by atoms with E-state index in [-0.39, 0.29) is 0 Å². The van der Waals surface area contributed by atoms with Crippen molar-refractivity contribution in [3.63, 3.8) is 0 Å². The molecule has 4 aromatic rings. The first-order valence-electron chi connectivity index (χ1n) is 10.9. The molecule has 0 heterocycles. The third-order valence-corrected chi connectivity index (χ3v) is 8.05. The maximum absolute atomic E-state index is 2.54. The van der Waals surface area contributed by atoms with E-state index in [9.17, 15) is 0 Å². The number of benzene rings is 4. The molecule has 0 aliphatic heterocycles. The van der Waals surface area contributed by atoms with Gasteiger partial charge in [-0.2, -0.15) is 0 Å². The van der Waals surface area contributed by atoms with E-state index in [0.717, 1.165) is 0 Å². The molecule has 0 bridgehead atoms. The van der Waals surface area contributed by atoms with E-state index in [1.54, 1.807) is 22.3 Å². The quantitative estimate of drug-likeness (QED) is 0.302. The minimum Gasteiger partial charge on any atom is -0.0616 e. The summed E-state index contributed by atoms with van der Waals surface area (Å²) < 4.78 is 0. The molecule has 3 aliphatic rings. The molecule has 2 saturated carbocycles. The van der Waals surface area contributed by atoms with Gasteiger partial charge in [-0.25, -0.2) is 0 Å². The lowest BCUT2D eigenvalue weighted by atomic mass is 9.56. The molecular weight excluding hydrogens is 336 g/mol. The summed E-state index contributed by atoms with van der Waals surface area (Å²) in [5.74, 6) is 2.84. The summed E-state index contributed by atoms with van der Waals surface area (Å²) in [6.45, 7) is 0. The Bertz CT molecular complexity index is 1050. The Morgan fingerprint density at radius 2 is 0.643 bits per heavy atom. The molecule has 0 saturated heterocycles. The van der Waals surface area contributed by atoms with E-state index >= 15 is 0 Å². The Morgan fingerprint density at radius 3 is 0.857 bits per heavy atom.